The van der Waals surface area contributed by atoms with Crippen LogP contribution in [-0.4, -0.2) is 11.4 Å². The van der Waals surface area contributed by atoms with Gasteiger partial charge in [0.05, 0.1) is 11.0 Å². The number of aromatic nitrogens is 1. The largest absolute Gasteiger partial charge is 0.456 e. The van der Waals surface area contributed by atoms with Gasteiger partial charge in [-0.1, -0.05) is 161 Å². The van der Waals surface area contributed by atoms with Gasteiger partial charge >= 0.3 is 6.85 Å². The number of hydrogen-bond acceptors (Lipinski definition) is 2. The van der Waals surface area contributed by atoms with E-state index in [1.807, 2.05) is 0 Å². The van der Waals surface area contributed by atoms with Crippen LogP contribution in [0.3, 0.4) is 0 Å². The highest BCUT2D eigenvalue weighted by molar-refractivity contribution is 6.93. The molecule has 0 atom stereocenters. The molecule has 0 saturated heterocycles. The van der Waals surface area contributed by atoms with E-state index < -0.39 is 0 Å². The standard InChI is InChI=1S/C70H59BN2O/c1-3-17-46(18-4-1)48-23-26-54(27-24-48)73-63-41-66-58(57-33-49-21-7-8-22-50(49)36-65(57)74-66)40-56(63)59-34-51(47-19-5-2-6-20-47)35-64-67(59)71(73)61-39-53(70-31-11-15-45(43-70)16-12-32-70)38-60-55-37-52(25-28-62(55)72(64)68(60)61)69-29-9-13-44(42-69)14-10-30-69/h1-8,17-28,33-41,44-45H,9-16,29-32,42-43H2. The van der Waals surface area contributed by atoms with Gasteiger partial charge in [-0.3, -0.25) is 0 Å². The van der Waals surface area contributed by atoms with Crippen LogP contribution in [0.2, 0.25) is 0 Å². The van der Waals surface area contributed by atoms with Gasteiger partial charge in [0, 0.05) is 50.2 Å². The highest BCUT2D eigenvalue weighted by Crippen LogP contribution is 2.55. The molecule has 74 heavy (non-hydrogen) atoms. The molecule has 4 heterocycles. The van der Waals surface area contributed by atoms with E-state index in [0.717, 1.165) is 28.4 Å². The van der Waals surface area contributed by atoms with Gasteiger partial charge in [0.25, 0.3) is 0 Å². The van der Waals surface area contributed by atoms with Crippen molar-refractivity contribution in [3.8, 4) is 39.1 Å². The summed E-state index contributed by atoms with van der Waals surface area (Å²) in [5.41, 5.74) is 22.4. The lowest BCUT2D eigenvalue weighted by Crippen LogP contribution is -2.61. The summed E-state index contributed by atoms with van der Waals surface area (Å²) in [6.07, 6.45) is 18.9. The first-order valence-electron chi connectivity index (χ1n) is 28.3. The van der Waals surface area contributed by atoms with Gasteiger partial charge in [0.15, 0.2) is 0 Å². The van der Waals surface area contributed by atoms with Crippen molar-refractivity contribution >= 4 is 83.7 Å². The van der Waals surface area contributed by atoms with E-state index in [0.29, 0.717) is 0 Å². The molecule has 4 bridgehead atoms. The van der Waals surface area contributed by atoms with E-state index in [-0.39, 0.29) is 17.7 Å². The van der Waals surface area contributed by atoms with Crippen LogP contribution in [-0.2, 0) is 10.8 Å². The molecule has 6 aliphatic rings. The average molecular weight is 955 g/mol. The second-order valence-electron chi connectivity index (χ2n) is 24.0. The molecule has 0 spiro atoms. The molecule has 17 rings (SSSR count). The monoisotopic (exact) mass is 954 g/mol. The Kier molecular flexibility index (Phi) is 8.89. The van der Waals surface area contributed by atoms with Gasteiger partial charge in [-0.15, -0.1) is 0 Å². The molecule has 3 nitrogen and oxygen atoms in total. The topological polar surface area (TPSA) is 21.3 Å². The van der Waals surface area contributed by atoms with E-state index in [4.69, 9.17) is 4.42 Å². The van der Waals surface area contributed by atoms with Crippen molar-refractivity contribution in [1.29, 1.82) is 0 Å². The molecule has 358 valence electrons. The van der Waals surface area contributed by atoms with Crippen LogP contribution in [0.1, 0.15) is 101 Å². The molecule has 2 aromatic heterocycles. The van der Waals surface area contributed by atoms with Gasteiger partial charge in [-0.2, -0.15) is 0 Å². The Morgan fingerprint density at radius 1 is 0.446 bits per heavy atom. The summed E-state index contributed by atoms with van der Waals surface area (Å²) in [5.74, 6) is 1.70. The first kappa shape index (κ1) is 42.1. The van der Waals surface area contributed by atoms with Crippen LogP contribution in [0.5, 0.6) is 0 Å². The van der Waals surface area contributed by atoms with Crippen molar-refractivity contribution < 1.29 is 4.42 Å². The Balaban J connectivity index is 0.997. The van der Waals surface area contributed by atoms with Crippen molar-refractivity contribution in [2.24, 2.45) is 11.8 Å². The number of anilines is 2. The summed E-state index contributed by atoms with van der Waals surface area (Å²) in [6, 6.07) is 68.2. The Morgan fingerprint density at radius 2 is 1.04 bits per heavy atom. The third kappa shape index (κ3) is 6.03. The van der Waals surface area contributed by atoms with Gasteiger partial charge in [0.1, 0.15) is 11.2 Å². The first-order valence-corrected chi connectivity index (χ1v) is 28.3. The summed E-state index contributed by atoms with van der Waals surface area (Å²) >= 11 is 0. The maximum Gasteiger partial charge on any atom is 0.333 e. The zero-order valence-electron chi connectivity index (χ0n) is 42.2. The third-order valence-corrected chi connectivity index (χ3v) is 20.1. The molecule has 4 heteroatoms. The maximum absolute atomic E-state index is 7.03. The van der Waals surface area contributed by atoms with E-state index in [1.165, 1.54) is 189 Å². The number of nitrogens with zero attached hydrogens (tertiary/aromatic N) is 2. The molecule has 0 N–H and O–H groups in total. The predicted octanol–water partition coefficient (Wildman–Crippen LogP) is 17.6. The van der Waals surface area contributed by atoms with Crippen molar-refractivity contribution in [3.05, 3.63) is 187 Å². The van der Waals surface area contributed by atoms with Crippen LogP contribution < -0.4 is 15.7 Å². The van der Waals surface area contributed by atoms with E-state index in [1.54, 1.807) is 11.1 Å². The minimum absolute atomic E-state index is 0.0848. The van der Waals surface area contributed by atoms with E-state index in [9.17, 15) is 0 Å². The quantitative estimate of drug-likeness (QED) is 0.160. The van der Waals surface area contributed by atoms with Crippen LogP contribution in [0.15, 0.2) is 180 Å². The second-order valence-corrected chi connectivity index (χ2v) is 24.0. The Hall–Kier alpha value is -7.30. The second kappa shape index (κ2) is 15.6. The molecule has 0 radical (unpaired) electrons. The first-order chi connectivity index (χ1) is 36.5. The number of hydrogen-bond donors (Lipinski definition) is 0. The molecule has 4 saturated carbocycles. The number of benzene rings is 9. The Labute approximate surface area is 433 Å². The predicted molar refractivity (Wildman–Crippen MR) is 310 cm³/mol. The normalized spacial score (nSPS) is 22.7. The summed E-state index contributed by atoms with van der Waals surface area (Å²) in [7, 11) is 0. The fraction of sp³-hybridized carbons (Fsp3) is 0.257. The van der Waals surface area contributed by atoms with E-state index >= 15 is 0 Å². The van der Waals surface area contributed by atoms with Gasteiger partial charge in [-0.25, -0.2) is 0 Å². The molecule has 0 amide bonds. The molecule has 11 aromatic rings. The maximum atomic E-state index is 7.03. The lowest BCUT2D eigenvalue weighted by molar-refractivity contribution is 0.149. The summed E-state index contributed by atoms with van der Waals surface area (Å²) in [6.45, 7) is -0.0848. The zero-order chi connectivity index (χ0) is 48.3. The van der Waals surface area contributed by atoms with Crippen molar-refractivity contribution in [3.63, 3.8) is 0 Å². The molecule has 0 unspecified atom stereocenters. The summed E-state index contributed by atoms with van der Waals surface area (Å²) in [4.78, 5) is 2.73. The SMILES string of the molecule is c1ccc(-c2ccc(N3B4c5c(cc(-c6ccccc6)cc5-n5c6ccc(C78CCCC(CCC7)C8)cc6c6cc(C78CCCC(CCC7)C8)cc4c65)-c4cc5c(cc43)oc3cc4ccccc4cc35)cc2)cc1. The van der Waals surface area contributed by atoms with Gasteiger partial charge in [-0.05, 0) is 182 Å². The number of furan rings is 1. The van der Waals surface area contributed by atoms with Crippen LogP contribution >= 0.6 is 0 Å². The number of fused-ring (bicyclic) bond motifs is 15. The molecular formula is C70H59BN2O. The van der Waals surface area contributed by atoms with Crippen molar-refractivity contribution in [1.82, 2.24) is 4.57 Å². The molecular weight excluding hydrogens is 896 g/mol. The Morgan fingerprint density at radius 3 is 1.74 bits per heavy atom. The molecule has 2 aliphatic heterocycles. The highest BCUT2D eigenvalue weighted by Gasteiger charge is 2.48. The molecule has 9 aromatic carbocycles. The molecule has 4 aliphatic carbocycles. The van der Waals surface area contributed by atoms with Crippen molar-refractivity contribution in [2.45, 2.75) is 101 Å². The van der Waals surface area contributed by atoms with Crippen LogP contribution in [0.4, 0.5) is 11.4 Å². The smallest absolute Gasteiger partial charge is 0.333 e. The fourth-order valence-electron chi connectivity index (χ4n) is 16.8. The summed E-state index contributed by atoms with van der Waals surface area (Å²) < 4.78 is 9.78. The fourth-order valence-corrected chi connectivity index (χ4v) is 16.8. The minimum Gasteiger partial charge on any atom is -0.456 e. The van der Waals surface area contributed by atoms with Gasteiger partial charge < -0.3 is 13.8 Å². The van der Waals surface area contributed by atoms with Crippen molar-refractivity contribution in [2.75, 3.05) is 4.81 Å². The van der Waals surface area contributed by atoms with Gasteiger partial charge in [0.2, 0.25) is 0 Å². The zero-order valence-corrected chi connectivity index (χ0v) is 42.2. The number of rotatable bonds is 5. The third-order valence-electron chi connectivity index (χ3n) is 20.1. The lowest BCUT2D eigenvalue weighted by Gasteiger charge is -2.47. The molecule has 4 fully saturated rings. The lowest BCUT2D eigenvalue weighted by atomic mass is 9.43. The average Bonchev–Trinajstić information content (AvgIpc) is 3.98. The van der Waals surface area contributed by atoms with Crippen LogP contribution in [0.25, 0.3) is 93.6 Å². The highest BCUT2D eigenvalue weighted by atomic mass is 16.3. The summed E-state index contributed by atoms with van der Waals surface area (Å²) in [5, 5.41) is 7.67. The Bertz CT molecular complexity index is 4110. The van der Waals surface area contributed by atoms with Crippen LogP contribution in [0, 0.1) is 11.8 Å². The minimum atomic E-state index is -0.0848. The van der Waals surface area contributed by atoms with E-state index in [2.05, 4.69) is 185 Å².